The first-order valence-corrected chi connectivity index (χ1v) is 8.54. The summed E-state index contributed by atoms with van der Waals surface area (Å²) in [6.45, 7) is 0.520. The van der Waals surface area contributed by atoms with Crippen LogP contribution in [-0.4, -0.2) is 27.5 Å². The molecule has 3 rings (SSSR count). The highest BCUT2D eigenvalue weighted by atomic mass is 16.5. The number of benzene rings is 2. The van der Waals surface area contributed by atoms with Gasteiger partial charge in [0.1, 0.15) is 24.7 Å². The van der Waals surface area contributed by atoms with Crippen LogP contribution in [-0.2, 0) is 13.1 Å². The molecule has 1 heterocycles. The second-order valence-corrected chi connectivity index (χ2v) is 5.75. The van der Waals surface area contributed by atoms with Crippen molar-refractivity contribution in [2.24, 2.45) is 0 Å². The zero-order valence-electron chi connectivity index (χ0n) is 14.7. The Kier molecular flexibility index (Phi) is 5.94. The molecule has 0 aliphatic heterocycles. The van der Waals surface area contributed by atoms with E-state index in [2.05, 4.69) is 0 Å². The summed E-state index contributed by atoms with van der Waals surface area (Å²) in [7, 11) is 0. The van der Waals surface area contributed by atoms with Crippen molar-refractivity contribution in [3.63, 3.8) is 0 Å². The number of hydrogen-bond acceptors (Lipinski definition) is 5. The molecule has 0 spiro atoms. The fraction of sp³-hybridized carbons (Fsp3) is 0.200. The van der Waals surface area contributed by atoms with E-state index < -0.39 is 11.2 Å². The molecule has 0 saturated heterocycles. The smallest absolute Gasteiger partial charge is 0.334 e. The van der Waals surface area contributed by atoms with Gasteiger partial charge in [0.05, 0.1) is 19.2 Å². The topological polar surface area (TPSA) is 82.7 Å². The molecule has 27 heavy (non-hydrogen) atoms. The number of ether oxygens (including phenoxy) is 2. The first-order chi connectivity index (χ1) is 13.1. The monoisotopic (exact) mass is 368 g/mol. The zero-order valence-corrected chi connectivity index (χ0v) is 14.7. The Balaban J connectivity index is 1.67. The van der Waals surface area contributed by atoms with Crippen LogP contribution >= 0.6 is 0 Å². The van der Waals surface area contributed by atoms with Crippen molar-refractivity contribution < 1.29 is 14.6 Å². The predicted octanol–water partition coefficient (Wildman–Crippen LogP) is 1.87. The average molecular weight is 368 g/mol. The number of aromatic nitrogens is 2. The van der Waals surface area contributed by atoms with Crippen LogP contribution in [0.3, 0.4) is 0 Å². The van der Waals surface area contributed by atoms with Gasteiger partial charge in [0.15, 0.2) is 0 Å². The summed E-state index contributed by atoms with van der Waals surface area (Å²) >= 11 is 0. The average Bonchev–Trinajstić information content (AvgIpc) is 2.68. The second-order valence-electron chi connectivity index (χ2n) is 5.75. The normalized spacial score (nSPS) is 10.5. The molecule has 140 valence electrons. The first kappa shape index (κ1) is 18.3. The number of aromatic hydroxyl groups is 1. The van der Waals surface area contributed by atoms with Crippen LogP contribution in [0.2, 0.25) is 0 Å². The van der Waals surface area contributed by atoms with Crippen molar-refractivity contribution in [3.05, 3.63) is 87.6 Å². The predicted molar refractivity (Wildman–Crippen MR) is 101 cm³/mol. The Bertz CT molecular complexity index is 981. The number of rotatable bonds is 8. The molecule has 0 aliphatic carbocycles. The highest BCUT2D eigenvalue weighted by Crippen LogP contribution is 2.09. The maximum Gasteiger partial charge on any atom is 0.334 e. The molecule has 0 radical (unpaired) electrons. The molecule has 7 nitrogen and oxygen atoms in total. The van der Waals surface area contributed by atoms with Gasteiger partial charge in [-0.3, -0.25) is 13.9 Å². The Morgan fingerprint density at radius 2 is 1.22 bits per heavy atom. The van der Waals surface area contributed by atoms with E-state index in [0.29, 0.717) is 11.5 Å². The largest absolute Gasteiger partial charge is 0.494 e. The standard InChI is InChI=1S/C20H20N2O5/c23-18-15-19(24)22(12-14-27-17-9-5-2-6-10-17)20(25)21(18)11-13-26-16-7-3-1-4-8-16/h1-10,15,23H,11-14H2. The Morgan fingerprint density at radius 3 is 1.74 bits per heavy atom. The fourth-order valence-electron chi connectivity index (χ4n) is 2.56. The highest BCUT2D eigenvalue weighted by molar-refractivity contribution is 5.21. The van der Waals surface area contributed by atoms with E-state index >= 15 is 0 Å². The summed E-state index contributed by atoms with van der Waals surface area (Å²) in [4.78, 5) is 24.6. The minimum Gasteiger partial charge on any atom is -0.494 e. The molecule has 0 fully saturated rings. The van der Waals surface area contributed by atoms with Crippen LogP contribution in [0.15, 0.2) is 76.3 Å². The molecule has 3 aromatic rings. The lowest BCUT2D eigenvalue weighted by Gasteiger charge is -2.13. The summed E-state index contributed by atoms with van der Waals surface area (Å²) < 4.78 is 13.2. The SMILES string of the molecule is O=c1cc(O)n(CCOc2ccccc2)c(=O)n1CCOc1ccccc1. The molecular formula is C20H20N2O5. The summed E-state index contributed by atoms with van der Waals surface area (Å²) in [6.07, 6.45) is 0. The van der Waals surface area contributed by atoms with Gasteiger partial charge in [0, 0.05) is 0 Å². The van der Waals surface area contributed by atoms with Crippen LogP contribution in [0, 0.1) is 0 Å². The van der Waals surface area contributed by atoms with E-state index in [1.54, 1.807) is 24.3 Å². The number of para-hydroxylation sites is 2. The lowest BCUT2D eigenvalue weighted by molar-refractivity contribution is 0.269. The zero-order chi connectivity index (χ0) is 19.1. The van der Waals surface area contributed by atoms with Crippen molar-refractivity contribution in [2.45, 2.75) is 13.1 Å². The Hall–Kier alpha value is -3.48. The van der Waals surface area contributed by atoms with Gasteiger partial charge in [-0.1, -0.05) is 36.4 Å². The molecule has 1 N–H and O–H groups in total. The molecule has 1 aromatic heterocycles. The third-order valence-corrected chi connectivity index (χ3v) is 3.91. The van der Waals surface area contributed by atoms with Crippen molar-refractivity contribution in [2.75, 3.05) is 13.2 Å². The van der Waals surface area contributed by atoms with Gasteiger partial charge in [-0.05, 0) is 24.3 Å². The van der Waals surface area contributed by atoms with E-state index in [9.17, 15) is 14.7 Å². The van der Waals surface area contributed by atoms with Crippen molar-refractivity contribution in [1.82, 2.24) is 9.13 Å². The highest BCUT2D eigenvalue weighted by Gasteiger charge is 2.11. The van der Waals surface area contributed by atoms with Gasteiger partial charge in [-0.25, -0.2) is 4.79 Å². The molecule has 0 aliphatic rings. The summed E-state index contributed by atoms with van der Waals surface area (Å²) in [5.74, 6) is 0.928. The molecule has 7 heteroatoms. The number of nitrogens with zero attached hydrogens (tertiary/aromatic N) is 2. The molecule has 0 bridgehead atoms. The molecular weight excluding hydrogens is 348 g/mol. The first-order valence-electron chi connectivity index (χ1n) is 8.54. The minimum absolute atomic E-state index is 0.0758. The van der Waals surface area contributed by atoms with Gasteiger partial charge in [-0.2, -0.15) is 0 Å². The van der Waals surface area contributed by atoms with Gasteiger partial charge in [0.2, 0.25) is 5.88 Å². The lowest BCUT2D eigenvalue weighted by atomic mass is 10.3. The lowest BCUT2D eigenvalue weighted by Crippen LogP contribution is -2.41. The maximum atomic E-state index is 12.6. The van der Waals surface area contributed by atoms with Crippen LogP contribution in [0.5, 0.6) is 17.4 Å². The van der Waals surface area contributed by atoms with Crippen molar-refractivity contribution >= 4 is 0 Å². The Labute approximate surface area is 155 Å². The van der Waals surface area contributed by atoms with Gasteiger partial charge in [-0.15, -0.1) is 0 Å². The third-order valence-electron chi connectivity index (χ3n) is 3.91. The van der Waals surface area contributed by atoms with E-state index in [0.717, 1.165) is 15.2 Å². The maximum absolute atomic E-state index is 12.6. The van der Waals surface area contributed by atoms with Gasteiger partial charge in [0.25, 0.3) is 5.56 Å². The van der Waals surface area contributed by atoms with E-state index in [1.165, 1.54) is 0 Å². The van der Waals surface area contributed by atoms with Crippen molar-refractivity contribution in [1.29, 1.82) is 0 Å². The fourth-order valence-corrected chi connectivity index (χ4v) is 2.56. The molecule has 0 amide bonds. The number of hydrogen-bond donors (Lipinski definition) is 1. The van der Waals surface area contributed by atoms with Crippen LogP contribution in [0.25, 0.3) is 0 Å². The molecule has 2 aromatic carbocycles. The van der Waals surface area contributed by atoms with Gasteiger partial charge < -0.3 is 14.6 Å². The van der Waals surface area contributed by atoms with E-state index in [1.807, 2.05) is 36.4 Å². The quantitative estimate of drug-likeness (QED) is 0.656. The Morgan fingerprint density at radius 1 is 0.741 bits per heavy atom. The molecule has 0 atom stereocenters. The summed E-state index contributed by atoms with van der Waals surface area (Å²) in [5.41, 5.74) is -1.18. The summed E-state index contributed by atoms with van der Waals surface area (Å²) in [5, 5.41) is 9.96. The summed E-state index contributed by atoms with van der Waals surface area (Å²) in [6, 6.07) is 19.3. The van der Waals surface area contributed by atoms with Crippen LogP contribution in [0.1, 0.15) is 0 Å². The van der Waals surface area contributed by atoms with E-state index in [-0.39, 0.29) is 32.2 Å². The second kappa shape index (κ2) is 8.75. The van der Waals surface area contributed by atoms with Crippen LogP contribution in [0.4, 0.5) is 0 Å². The van der Waals surface area contributed by atoms with E-state index in [4.69, 9.17) is 9.47 Å². The van der Waals surface area contributed by atoms with Gasteiger partial charge >= 0.3 is 5.69 Å². The van der Waals surface area contributed by atoms with Crippen LogP contribution < -0.4 is 20.7 Å². The molecule has 0 unspecified atom stereocenters. The third kappa shape index (κ3) is 4.78. The molecule has 0 saturated carbocycles. The minimum atomic E-state index is -0.603. The van der Waals surface area contributed by atoms with Crippen molar-refractivity contribution in [3.8, 4) is 17.4 Å².